The van der Waals surface area contributed by atoms with E-state index >= 15 is 0 Å². The summed E-state index contributed by atoms with van der Waals surface area (Å²) in [4.78, 5) is 10.6. The standard InChI is InChI=1S/C13H11ClF3N5O/c1-7-10(6-19-20-12(18)23)11(14)22(21-7)9-4-2-3-8(5-9)13(15,16)17/h2-6H,1H3,(H3,18,20,23)/b19-6+. The first-order chi connectivity index (χ1) is 10.7. The Morgan fingerprint density at radius 3 is 2.78 bits per heavy atom. The number of carbonyl (C=O) groups is 1. The molecule has 0 spiro atoms. The molecule has 0 saturated carbocycles. The maximum absolute atomic E-state index is 12.8. The SMILES string of the molecule is Cc1nn(-c2cccc(C(F)(F)F)c2)c(Cl)c1/C=N/NC(N)=O. The molecule has 0 bridgehead atoms. The lowest BCUT2D eigenvalue weighted by Gasteiger charge is -2.09. The number of hydrogen-bond donors (Lipinski definition) is 2. The topological polar surface area (TPSA) is 85.3 Å². The van der Waals surface area contributed by atoms with Gasteiger partial charge in [0.1, 0.15) is 5.15 Å². The van der Waals surface area contributed by atoms with Gasteiger partial charge in [0.2, 0.25) is 0 Å². The fourth-order valence-corrected chi connectivity index (χ4v) is 2.12. The van der Waals surface area contributed by atoms with Crippen LogP contribution in [0.4, 0.5) is 18.0 Å². The van der Waals surface area contributed by atoms with Crippen molar-refractivity contribution in [2.75, 3.05) is 0 Å². The van der Waals surface area contributed by atoms with Crippen LogP contribution in [0, 0.1) is 6.92 Å². The predicted octanol–water partition coefficient (Wildman–Crippen LogP) is 2.86. The largest absolute Gasteiger partial charge is 0.416 e. The van der Waals surface area contributed by atoms with Crippen LogP contribution in [0.25, 0.3) is 5.69 Å². The number of halogens is 4. The molecular weight excluding hydrogens is 335 g/mol. The van der Waals surface area contributed by atoms with E-state index in [4.69, 9.17) is 17.3 Å². The van der Waals surface area contributed by atoms with E-state index in [-0.39, 0.29) is 10.8 Å². The van der Waals surface area contributed by atoms with Crippen molar-refractivity contribution in [3.05, 3.63) is 46.2 Å². The van der Waals surface area contributed by atoms with Gasteiger partial charge in [-0.05, 0) is 25.1 Å². The third-order valence-electron chi connectivity index (χ3n) is 2.83. The van der Waals surface area contributed by atoms with Crippen LogP contribution in [0.5, 0.6) is 0 Å². The second-order valence-electron chi connectivity index (χ2n) is 4.48. The quantitative estimate of drug-likeness (QED) is 0.662. The van der Waals surface area contributed by atoms with Gasteiger partial charge in [0, 0.05) is 0 Å². The Kier molecular flexibility index (Phi) is 4.60. The third kappa shape index (κ3) is 3.81. The number of nitrogens with one attached hydrogen (secondary N) is 1. The van der Waals surface area contributed by atoms with E-state index in [9.17, 15) is 18.0 Å². The van der Waals surface area contributed by atoms with Crippen LogP contribution >= 0.6 is 11.6 Å². The zero-order valence-corrected chi connectivity index (χ0v) is 12.5. The highest BCUT2D eigenvalue weighted by Crippen LogP contribution is 2.31. The highest BCUT2D eigenvalue weighted by Gasteiger charge is 2.30. The number of aromatic nitrogens is 2. The number of nitrogens with zero attached hydrogens (tertiary/aromatic N) is 3. The number of rotatable bonds is 3. The number of nitrogens with two attached hydrogens (primary N) is 1. The average Bonchev–Trinajstić information content (AvgIpc) is 2.74. The number of hydrogen-bond acceptors (Lipinski definition) is 3. The maximum atomic E-state index is 12.8. The Labute approximate surface area is 133 Å². The number of alkyl halides is 3. The lowest BCUT2D eigenvalue weighted by molar-refractivity contribution is -0.137. The summed E-state index contributed by atoms with van der Waals surface area (Å²) in [7, 11) is 0. The van der Waals surface area contributed by atoms with Gasteiger partial charge in [-0.25, -0.2) is 14.9 Å². The fourth-order valence-electron chi connectivity index (χ4n) is 1.80. The van der Waals surface area contributed by atoms with Gasteiger partial charge in [-0.15, -0.1) is 0 Å². The van der Waals surface area contributed by atoms with Crippen LogP contribution in [-0.2, 0) is 6.18 Å². The molecule has 6 nitrogen and oxygen atoms in total. The molecule has 2 amide bonds. The van der Waals surface area contributed by atoms with Gasteiger partial charge in [-0.1, -0.05) is 17.7 Å². The van der Waals surface area contributed by atoms with Crippen LogP contribution in [-0.4, -0.2) is 22.0 Å². The zero-order chi connectivity index (χ0) is 17.2. The molecule has 3 N–H and O–H groups in total. The smallest absolute Gasteiger partial charge is 0.350 e. The van der Waals surface area contributed by atoms with Gasteiger partial charge in [-0.2, -0.15) is 23.4 Å². The highest BCUT2D eigenvalue weighted by molar-refractivity contribution is 6.32. The Morgan fingerprint density at radius 1 is 1.48 bits per heavy atom. The van der Waals surface area contributed by atoms with Gasteiger partial charge in [0.05, 0.1) is 28.7 Å². The predicted molar refractivity (Wildman–Crippen MR) is 78.6 cm³/mol. The molecule has 10 heteroatoms. The van der Waals surface area contributed by atoms with Crippen LogP contribution in [0.15, 0.2) is 29.4 Å². The molecule has 122 valence electrons. The highest BCUT2D eigenvalue weighted by atomic mass is 35.5. The molecule has 0 unspecified atom stereocenters. The van der Waals surface area contributed by atoms with Crippen molar-refractivity contribution in [2.24, 2.45) is 10.8 Å². The minimum atomic E-state index is -4.47. The Morgan fingerprint density at radius 2 is 2.17 bits per heavy atom. The monoisotopic (exact) mass is 345 g/mol. The normalized spacial score (nSPS) is 11.9. The van der Waals surface area contributed by atoms with E-state index < -0.39 is 17.8 Å². The molecule has 0 atom stereocenters. The van der Waals surface area contributed by atoms with Crippen molar-refractivity contribution in [1.29, 1.82) is 0 Å². The second-order valence-corrected chi connectivity index (χ2v) is 4.84. The summed E-state index contributed by atoms with van der Waals surface area (Å²) in [6, 6.07) is 3.72. The summed E-state index contributed by atoms with van der Waals surface area (Å²) in [6.45, 7) is 1.60. The summed E-state index contributed by atoms with van der Waals surface area (Å²) in [5.74, 6) is 0. The Hall–Kier alpha value is -2.55. The molecule has 0 aliphatic heterocycles. The van der Waals surface area contributed by atoms with Crippen molar-refractivity contribution in [1.82, 2.24) is 15.2 Å². The summed E-state index contributed by atoms with van der Waals surface area (Å²) in [5.41, 5.74) is 6.95. The summed E-state index contributed by atoms with van der Waals surface area (Å²) < 4.78 is 39.5. The summed E-state index contributed by atoms with van der Waals surface area (Å²) in [5, 5.41) is 7.70. The van der Waals surface area contributed by atoms with Crippen LogP contribution in [0.2, 0.25) is 5.15 Å². The van der Waals surface area contributed by atoms with E-state index in [0.717, 1.165) is 16.8 Å². The van der Waals surface area contributed by atoms with Crippen LogP contribution in [0.1, 0.15) is 16.8 Å². The van der Waals surface area contributed by atoms with E-state index in [1.54, 1.807) is 6.92 Å². The number of urea groups is 1. The third-order valence-corrected chi connectivity index (χ3v) is 3.20. The number of aryl methyl sites for hydroxylation is 1. The van der Waals surface area contributed by atoms with E-state index in [1.807, 2.05) is 5.43 Å². The lowest BCUT2D eigenvalue weighted by atomic mass is 10.2. The maximum Gasteiger partial charge on any atom is 0.416 e. The lowest BCUT2D eigenvalue weighted by Crippen LogP contribution is -2.24. The molecule has 0 radical (unpaired) electrons. The summed E-state index contributed by atoms with van der Waals surface area (Å²) in [6.07, 6.45) is -3.26. The molecule has 0 saturated heterocycles. The zero-order valence-electron chi connectivity index (χ0n) is 11.7. The van der Waals surface area contributed by atoms with Crippen molar-refractivity contribution in [3.8, 4) is 5.69 Å². The summed E-state index contributed by atoms with van der Waals surface area (Å²) >= 11 is 6.13. The van der Waals surface area contributed by atoms with Crippen molar-refractivity contribution in [3.63, 3.8) is 0 Å². The van der Waals surface area contributed by atoms with Gasteiger partial charge < -0.3 is 5.73 Å². The molecular formula is C13H11ClF3N5O. The Bertz CT molecular complexity index is 769. The van der Waals surface area contributed by atoms with E-state index in [0.29, 0.717) is 11.3 Å². The molecule has 1 aromatic carbocycles. The first-order valence-electron chi connectivity index (χ1n) is 6.21. The van der Waals surface area contributed by atoms with Crippen molar-refractivity contribution >= 4 is 23.8 Å². The minimum absolute atomic E-state index is 0.0526. The van der Waals surface area contributed by atoms with E-state index in [1.165, 1.54) is 18.3 Å². The fraction of sp³-hybridized carbons (Fsp3) is 0.154. The number of hydrazone groups is 1. The number of benzene rings is 1. The van der Waals surface area contributed by atoms with Crippen molar-refractivity contribution in [2.45, 2.75) is 13.1 Å². The van der Waals surface area contributed by atoms with Gasteiger partial charge in [0.25, 0.3) is 0 Å². The molecule has 0 aliphatic carbocycles. The molecule has 1 heterocycles. The average molecular weight is 346 g/mol. The number of amides is 2. The van der Waals surface area contributed by atoms with Gasteiger partial charge in [0.15, 0.2) is 0 Å². The van der Waals surface area contributed by atoms with Gasteiger partial charge in [-0.3, -0.25) is 0 Å². The first kappa shape index (κ1) is 16.8. The van der Waals surface area contributed by atoms with E-state index in [2.05, 4.69) is 10.2 Å². The van der Waals surface area contributed by atoms with Crippen LogP contribution in [0.3, 0.4) is 0 Å². The van der Waals surface area contributed by atoms with Crippen molar-refractivity contribution < 1.29 is 18.0 Å². The number of carbonyl (C=O) groups excluding carboxylic acids is 1. The molecule has 2 aromatic rings. The molecule has 1 aromatic heterocycles. The first-order valence-corrected chi connectivity index (χ1v) is 6.59. The second kappa shape index (κ2) is 6.29. The van der Waals surface area contributed by atoms with Crippen LogP contribution < -0.4 is 11.2 Å². The Balaban J connectivity index is 2.42. The molecule has 0 fully saturated rings. The molecule has 23 heavy (non-hydrogen) atoms. The number of primary amides is 1. The van der Waals surface area contributed by atoms with Gasteiger partial charge >= 0.3 is 12.2 Å². The minimum Gasteiger partial charge on any atom is -0.350 e. The molecule has 2 rings (SSSR count). The molecule has 0 aliphatic rings.